The number of hydrogen-bond acceptors (Lipinski definition) is 3. The van der Waals surface area contributed by atoms with Gasteiger partial charge in [0.25, 0.3) is 0 Å². The van der Waals surface area contributed by atoms with E-state index >= 15 is 0 Å². The van der Waals surface area contributed by atoms with Crippen LogP contribution < -0.4 is 0 Å². The summed E-state index contributed by atoms with van der Waals surface area (Å²) in [7, 11) is 0. The van der Waals surface area contributed by atoms with Gasteiger partial charge in [0, 0.05) is 23.7 Å². The Hall–Kier alpha value is -1.25. The van der Waals surface area contributed by atoms with Crippen molar-refractivity contribution >= 4 is 5.78 Å². The lowest BCUT2D eigenvalue weighted by atomic mass is 9.95. The van der Waals surface area contributed by atoms with Crippen molar-refractivity contribution in [2.24, 2.45) is 0 Å². The van der Waals surface area contributed by atoms with Crippen LogP contribution in [-0.2, 0) is 16.6 Å². The Labute approximate surface area is 91.0 Å². The fourth-order valence-corrected chi connectivity index (χ4v) is 1.20. The second-order valence-corrected chi connectivity index (χ2v) is 4.82. The predicted molar refractivity (Wildman–Crippen MR) is 59.7 cm³/mol. The molecule has 0 saturated heterocycles. The summed E-state index contributed by atoms with van der Waals surface area (Å²) in [6, 6.07) is 1.87. The summed E-state index contributed by atoms with van der Waals surface area (Å²) >= 11 is 0. The largest absolute Gasteiger partial charge is 0.300 e. The van der Waals surface area contributed by atoms with Crippen molar-refractivity contribution in [1.29, 1.82) is 0 Å². The number of rotatable bonds is 3. The van der Waals surface area contributed by atoms with E-state index < -0.39 is 0 Å². The average Bonchev–Trinajstić information content (AvgIpc) is 2.14. The van der Waals surface area contributed by atoms with E-state index in [1.807, 2.05) is 6.07 Å². The quantitative estimate of drug-likeness (QED) is 0.762. The predicted octanol–water partition coefficient (Wildman–Crippen LogP) is 2.30. The Morgan fingerprint density at radius 3 is 2.60 bits per heavy atom. The van der Waals surface area contributed by atoms with Gasteiger partial charge in [-0.15, -0.1) is 0 Å². The lowest BCUT2D eigenvalue weighted by molar-refractivity contribution is -0.116. The lowest BCUT2D eigenvalue weighted by Crippen LogP contribution is -2.16. The number of hydrogen-bond donors (Lipinski definition) is 0. The lowest BCUT2D eigenvalue weighted by Gasteiger charge is -2.16. The molecule has 0 radical (unpaired) electrons. The Morgan fingerprint density at radius 1 is 1.40 bits per heavy atom. The Balaban J connectivity index is 2.79. The van der Waals surface area contributed by atoms with Gasteiger partial charge in [-0.25, -0.2) is 9.97 Å². The highest BCUT2D eigenvalue weighted by Crippen LogP contribution is 2.17. The molecule has 1 aromatic heterocycles. The maximum Gasteiger partial charge on any atom is 0.133 e. The van der Waals surface area contributed by atoms with Gasteiger partial charge in [-0.2, -0.15) is 0 Å². The number of carbonyl (C=O) groups excluding carboxylic acids is 1. The van der Waals surface area contributed by atoms with E-state index in [-0.39, 0.29) is 11.2 Å². The number of nitrogens with zero attached hydrogens (tertiary/aromatic N) is 2. The highest BCUT2D eigenvalue weighted by molar-refractivity contribution is 5.75. The van der Waals surface area contributed by atoms with Crippen LogP contribution in [-0.4, -0.2) is 15.8 Å². The number of aryl methyl sites for hydroxylation is 1. The van der Waals surface area contributed by atoms with Crippen molar-refractivity contribution in [2.75, 3.05) is 0 Å². The van der Waals surface area contributed by atoms with E-state index in [2.05, 4.69) is 30.7 Å². The smallest absolute Gasteiger partial charge is 0.133 e. The summed E-state index contributed by atoms with van der Waals surface area (Å²) in [5.74, 6) is 1.04. The molecule has 0 aliphatic rings. The molecule has 15 heavy (non-hydrogen) atoms. The van der Waals surface area contributed by atoms with Gasteiger partial charge in [0.05, 0.1) is 0 Å². The van der Waals surface area contributed by atoms with E-state index in [9.17, 15) is 4.79 Å². The molecule has 0 aromatic carbocycles. The normalized spacial score (nSPS) is 11.5. The molecule has 0 unspecified atom stereocenters. The van der Waals surface area contributed by atoms with Crippen LogP contribution in [0.3, 0.4) is 0 Å². The van der Waals surface area contributed by atoms with Crippen molar-refractivity contribution in [2.45, 2.75) is 46.0 Å². The first-order valence-corrected chi connectivity index (χ1v) is 5.21. The molecule has 0 aliphatic carbocycles. The third kappa shape index (κ3) is 3.78. The zero-order valence-corrected chi connectivity index (χ0v) is 9.87. The molecule has 0 fully saturated rings. The molecule has 3 heteroatoms. The van der Waals surface area contributed by atoms with Crippen molar-refractivity contribution in [3.05, 3.63) is 23.8 Å². The van der Waals surface area contributed by atoms with E-state index in [0.717, 1.165) is 11.5 Å². The summed E-state index contributed by atoms with van der Waals surface area (Å²) in [4.78, 5) is 19.5. The van der Waals surface area contributed by atoms with Gasteiger partial charge in [0.15, 0.2) is 0 Å². The third-order valence-corrected chi connectivity index (χ3v) is 2.12. The Bertz CT molecular complexity index is 353. The van der Waals surface area contributed by atoms with E-state index in [0.29, 0.717) is 12.8 Å². The van der Waals surface area contributed by atoms with Crippen LogP contribution in [0.15, 0.2) is 12.3 Å². The second kappa shape index (κ2) is 4.51. The third-order valence-electron chi connectivity index (χ3n) is 2.12. The molecule has 3 nitrogen and oxygen atoms in total. The molecule has 1 aromatic rings. The molecule has 0 N–H and O–H groups in total. The van der Waals surface area contributed by atoms with Gasteiger partial charge < -0.3 is 4.79 Å². The highest BCUT2D eigenvalue weighted by atomic mass is 16.1. The molecular weight excluding hydrogens is 188 g/mol. The molecule has 0 bridgehead atoms. The average molecular weight is 206 g/mol. The van der Waals surface area contributed by atoms with Gasteiger partial charge in [-0.3, -0.25) is 0 Å². The van der Waals surface area contributed by atoms with Crippen LogP contribution in [0.2, 0.25) is 0 Å². The topological polar surface area (TPSA) is 42.9 Å². The number of ketones is 1. The van der Waals surface area contributed by atoms with E-state index in [1.165, 1.54) is 0 Å². The van der Waals surface area contributed by atoms with Crippen LogP contribution in [0.4, 0.5) is 0 Å². The fourth-order valence-electron chi connectivity index (χ4n) is 1.20. The standard InChI is InChI=1S/C12H18N2O/c1-9(15)5-6-10-7-8-13-11(14-10)12(2,3)4/h7-8H,5-6H2,1-4H3. The number of Topliss-reactive ketones (excluding diaryl/α,β-unsaturated/α-hetero) is 1. The molecule has 0 aliphatic heterocycles. The minimum absolute atomic E-state index is 0.0355. The molecule has 1 heterocycles. The summed E-state index contributed by atoms with van der Waals surface area (Å²) in [6.07, 6.45) is 3.03. The molecule has 1 rings (SSSR count). The summed E-state index contributed by atoms with van der Waals surface area (Å²) in [5.41, 5.74) is 0.914. The van der Waals surface area contributed by atoms with Gasteiger partial charge in [-0.1, -0.05) is 20.8 Å². The van der Waals surface area contributed by atoms with E-state index in [1.54, 1.807) is 13.1 Å². The van der Waals surface area contributed by atoms with Crippen LogP contribution in [0.25, 0.3) is 0 Å². The minimum Gasteiger partial charge on any atom is -0.300 e. The van der Waals surface area contributed by atoms with Crippen LogP contribution in [0, 0.1) is 0 Å². The molecule has 82 valence electrons. The van der Waals surface area contributed by atoms with Crippen molar-refractivity contribution in [3.63, 3.8) is 0 Å². The summed E-state index contributed by atoms with van der Waals surface area (Å²) in [5, 5.41) is 0. The Morgan fingerprint density at radius 2 is 2.07 bits per heavy atom. The van der Waals surface area contributed by atoms with Gasteiger partial charge in [-0.05, 0) is 19.4 Å². The number of aromatic nitrogens is 2. The Kier molecular flexibility index (Phi) is 3.56. The van der Waals surface area contributed by atoms with Gasteiger partial charge in [0.2, 0.25) is 0 Å². The fraction of sp³-hybridized carbons (Fsp3) is 0.583. The van der Waals surface area contributed by atoms with Crippen molar-refractivity contribution < 1.29 is 4.79 Å². The zero-order valence-electron chi connectivity index (χ0n) is 9.87. The first-order chi connectivity index (χ1) is 6.89. The van der Waals surface area contributed by atoms with Crippen molar-refractivity contribution in [1.82, 2.24) is 9.97 Å². The SMILES string of the molecule is CC(=O)CCc1ccnc(C(C)(C)C)n1. The molecule has 0 atom stereocenters. The first kappa shape index (κ1) is 11.8. The van der Waals surface area contributed by atoms with Crippen LogP contribution in [0.1, 0.15) is 45.6 Å². The zero-order chi connectivity index (χ0) is 11.5. The molecule has 0 amide bonds. The molecular formula is C12H18N2O. The molecule has 0 spiro atoms. The maximum atomic E-state index is 10.9. The first-order valence-electron chi connectivity index (χ1n) is 5.21. The monoisotopic (exact) mass is 206 g/mol. The van der Waals surface area contributed by atoms with Crippen LogP contribution in [0.5, 0.6) is 0 Å². The molecule has 0 saturated carbocycles. The highest BCUT2D eigenvalue weighted by Gasteiger charge is 2.17. The maximum absolute atomic E-state index is 10.9. The van der Waals surface area contributed by atoms with Crippen molar-refractivity contribution in [3.8, 4) is 0 Å². The number of carbonyl (C=O) groups is 1. The van der Waals surface area contributed by atoms with Gasteiger partial charge in [0.1, 0.15) is 11.6 Å². The second-order valence-electron chi connectivity index (χ2n) is 4.82. The van der Waals surface area contributed by atoms with Crippen LogP contribution >= 0.6 is 0 Å². The summed E-state index contributed by atoms with van der Waals surface area (Å²) in [6.45, 7) is 7.84. The van der Waals surface area contributed by atoms with Gasteiger partial charge >= 0.3 is 0 Å². The summed E-state index contributed by atoms with van der Waals surface area (Å²) < 4.78 is 0. The minimum atomic E-state index is -0.0355. The van der Waals surface area contributed by atoms with E-state index in [4.69, 9.17) is 0 Å².